The molecule has 0 atom stereocenters. The van der Waals surface area contributed by atoms with Crippen LogP contribution < -0.4 is 15.2 Å². The molecule has 2 heterocycles. The van der Waals surface area contributed by atoms with E-state index in [-0.39, 0.29) is 0 Å². The van der Waals surface area contributed by atoms with Crippen molar-refractivity contribution in [1.82, 2.24) is 9.97 Å². The van der Waals surface area contributed by atoms with Crippen LogP contribution >= 0.6 is 0 Å². The van der Waals surface area contributed by atoms with Gasteiger partial charge in [0.15, 0.2) is 0 Å². The van der Waals surface area contributed by atoms with Gasteiger partial charge in [0.2, 0.25) is 0 Å². The summed E-state index contributed by atoms with van der Waals surface area (Å²) in [4.78, 5) is 17.4. The molecule has 4 N–H and O–H groups in total. The fraction of sp³-hybridized carbons (Fsp3) is 0. The van der Waals surface area contributed by atoms with E-state index < -0.39 is 5.91 Å². The van der Waals surface area contributed by atoms with Gasteiger partial charge in [-0.15, -0.1) is 0 Å². The molecule has 1 amide bonds. The average Bonchev–Trinajstić information content (AvgIpc) is 3.54. The molecule has 180 valence electrons. The largest absolute Gasteiger partial charge is 0.457 e. The van der Waals surface area contributed by atoms with Crippen molar-refractivity contribution >= 4 is 27.7 Å². The van der Waals surface area contributed by atoms with Crippen LogP contribution in [0.2, 0.25) is 0 Å². The summed E-state index contributed by atoms with van der Waals surface area (Å²) in [5.41, 5.74) is 8.21. The summed E-state index contributed by atoms with van der Waals surface area (Å²) < 4.78 is 11.5. The van der Waals surface area contributed by atoms with E-state index in [2.05, 4.69) is 16.0 Å². The third-order valence-electron chi connectivity index (χ3n) is 5.65. The van der Waals surface area contributed by atoms with Crippen molar-refractivity contribution in [3.63, 3.8) is 0 Å². The zero-order valence-electron chi connectivity index (χ0n) is 19.6. The van der Waals surface area contributed by atoms with Gasteiger partial charge in [0.25, 0.3) is 5.91 Å². The van der Waals surface area contributed by atoms with Gasteiger partial charge in [-0.2, -0.15) is 5.26 Å². The second-order valence-electron chi connectivity index (χ2n) is 8.13. The maximum absolute atomic E-state index is 11.3. The lowest BCUT2D eigenvalue weighted by atomic mass is 10.1. The highest BCUT2D eigenvalue weighted by molar-refractivity contribution is 6.06. The summed E-state index contributed by atoms with van der Waals surface area (Å²) in [6.07, 6.45) is 3.32. The third kappa shape index (κ3) is 5.29. The molecule has 2 aromatic heterocycles. The number of nitrogens with two attached hydrogens (primary N) is 1. The van der Waals surface area contributed by atoms with E-state index in [0.29, 0.717) is 16.9 Å². The molecule has 0 aliphatic carbocycles. The maximum atomic E-state index is 11.3. The monoisotopic (exact) mass is 486 g/mol. The molecule has 0 fully saturated rings. The van der Waals surface area contributed by atoms with E-state index in [0.717, 1.165) is 39.1 Å². The molecule has 0 radical (unpaired) electrons. The zero-order chi connectivity index (χ0) is 25.6. The summed E-state index contributed by atoms with van der Waals surface area (Å²) in [5, 5.41) is 10.6. The Kier molecular flexibility index (Phi) is 6.55. The molecule has 6 aromatic rings. The van der Waals surface area contributed by atoms with E-state index in [1.807, 2.05) is 91.0 Å². The molecule has 0 aliphatic heterocycles. The number of aromatic amines is 2. The maximum Gasteiger partial charge on any atom is 0.250 e. The van der Waals surface area contributed by atoms with Crippen LogP contribution in [-0.2, 0) is 0 Å². The number of fused-ring (bicyclic) bond motifs is 2. The Morgan fingerprint density at radius 3 is 1.73 bits per heavy atom. The number of primary amides is 1. The molecule has 7 nitrogen and oxygen atoms in total. The highest BCUT2D eigenvalue weighted by atomic mass is 16.5. The lowest BCUT2D eigenvalue weighted by Crippen LogP contribution is -2.09. The van der Waals surface area contributed by atoms with Gasteiger partial charge in [0.05, 0.1) is 11.1 Å². The molecule has 7 heteroatoms. The fourth-order valence-corrected chi connectivity index (χ4v) is 3.87. The minimum atomic E-state index is -0.455. The lowest BCUT2D eigenvalue weighted by molar-refractivity contribution is 0.100. The van der Waals surface area contributed by atoms with Gasteiger partial charge in [-0.05, 0) is 60.7 Å². The van der Waals surface area contributed by atoms with Crippen molar-refractivity contribution in [2.45, 2.75) is 0 Å². The first kappa shape index (κ1) is 23.3. The van der Waals surface area contributed by atoms with Gasteiger partial charge < -0.3 is 25.2 Å². The summed E-state index contributed by atoms with van der Waals surface area (Å²) in [6, 6.07) is 32.4. The smallest absolute Gasteiger partial charge is 0.250 e. The molecule has 37 heavy (non-hydrogen) atoms. The van der Waals surface area contributed by atoms with Crippen LogP contribution in [0.15, 0.2) is 109 Å². The van der Waals surface area contributed by atoms with Gasteiger partial charge in [-0.3, -0.25) is 4.79 Å². The number of nitrogens with one attached hydrogen (secondary N) is 2. The zero-order valence-corrected chi connectivity index (χ0v) is 19.6. The quantitative estimate of drug-likeness (QED) is 0.246. The van der Waals surface area contributed by atoms with Crippen molar-refractivity contribution in [2.75, 3.05) is 0 Å². The number of carbonyl (C=O) groups excluding carboxylic acids is 1. The number of nitriles is 1. The first-order chi connectivity index (χ1) is 18.1. The second-order valence-corrected chi connectivity index (χ2v) is 8.13. The number of ether oxygens (including phenoxy) is 2. The summed E-state index contributed by atoms with van der Waals surface area (Å²) in [5.74, 6) is 2.47. The third-order valence-corrected chi connectivity index (χ3v) is 5.65. The summed E-state index contributed by atoms with van der Waals surface area (Å²) >= 11 is 0. The molecule has 4 aromatic carbocycles. The van der Waals surface area contributed by atoms with E-state index in [1.165, 1.54) is 0 Å². The van der Waals surface area contributed by atoms with Gasteiger partial charge in [0.1, 0.15) is 29.1 Å². The minimum Gasteiger partial charge on any atom is -0.457 e. The number of H-pyrrole nitrogens is 2. The Labute approximate surface area is 212 Å². The Morgan fingerprint density at radius 2 is 1.19 bits per heavy atom. The number of rotatable bonds is 5. The number of nitrogens with zero attached hydrogens (tertiary/aromatic N) is 1. The van der Waals surface area contributed by atoms with Crippen LogP contribution in [-0.4, -0.2) is 15.9 Å². The normalized spacial score (nSPS) is 10.4. The van der Waals surface area contributed by atoms with E-state index in [9.17, 15) is 4.79 Å². The summed E-state index contributed by atoms with van der Waals surface area (Å²) in [6.45, 7) is 0. The Hall–Kier alpha value is -5.48. The van der Waals surface area contributed by atoms with Crippen molar-refractivity contribution in [1.29, 1.82) is 5.26 Å². The van der Waals surface area contributed by atoms with Gasteiger partial charge in [-0.25, -0.2) is 0 Å². The van der Waals surface area contributed by atoms with Crippen molar-refractivity contribution in [3.05, 3.63) is 121 Å². The number of carbonyl (C=O) groups is 1. The second kappa shape index (κ2) is 10.4. The SMILES string of the molecule is N#Cc1c[nH]c2ccc(Oc3ccccc3)cc12.NC(=O)c1c[nH]c2ccc(Oc3ccccc3)cc12. The predicted octanol–water partition coefficient (Wildman–Crippen LogP) is 6.89. The van der Waals surface area contributed by atoms with Gasteiger partial charge in [-0.1, -0.05) is 36.4 Å². The molecule has 0 bridgehead atoms. The van der Waals surface area contributed by atoms with Crippen molar-refractivity contribution < 1.29 is 14.3 Å². The van der Waals surface area contributed by atoms with Crippen LogP contribution in [0.1, 0.15) is 15.9 Å². The number of aromatic nitrogens is 2. The number of para-hydroxylation sites is 2. The standard InChI is InChI=1S/C15H12N2O2.C15H10N2O/c16-15(18)13-9-17-14-7-6-11(8-12(13)14)19-10-4-2-1-3-5-10;16-9-11-10-17-15-7-6-13(8-14(11)15)18-12-4-2-1-3-5-12/h1-9,17H,(H2,16,18);1-8,10,17H. The Balaban J connectivity index is 0.000000152. The number of hydrogen-bond donors (Lipinski definition) is 3. The van der Waals surface area contributed by atoms with Crippen LogP contribution in [0.3, 0.4) is 0 Å². The predicted molar refractivity (Wildman–Crippen MR) is 143 cm³/mol. The first-order valence-electron chi connectivity index (χ1n) is 11.5. The average molecular weight is 487 g/mol. The Bertz CT molecular complexity index is 1710. The molecular weight excluding hydrogens is 464 g/mol. The van der Waals surface area contributed by atoms with Crippen LogP contribution in [0.4, 0.5) is 0 Å². The van der Waals surface area contributed by atoms with Gasteiger partial charge >= 0.3 is 0 Å². The van der Waals surface area contributed by atoms with Crippen LogP contribution in [0.25, 0.3) is 21.8 Å². The summed E-state index contributed by atoms with van der Waals surface area (Å²) in [7, 11) is 0. The molecular formula is C30H22N4O3. The fourth-order valence-electron chi connectivity index (χ4n) is 3.87. The number of benzene rings is 4. The topological polar surface area (TPSA) is 117 Å². The van der Waals surface area contributed by atoms with E-state index in [4.69, 9.17) is 20.5 Å². The van der Waals surface area contributed by atoms with E-state index in [1.54, 1.807) is 18.5 Å². The Morgan fingerprint density at radius 1 is 0.676 bits per heavy atom. The van der Waals surface area contributed by atoms with Crippen LogP contribution in [0.5, 0.6) is 23.0 Å². The van der Waals surface area contributed by atoms with Crippen molar-refractivity contribution in [2.24, 2.45) is 5.73 Å². The molecule has 0 unspecified atom stereocenters. The molecule has 0 aliphatic rings. The minimum absolute atomic E-state index is 0.455. The highest BCUT2D eigenvalue weighted by Crippen LogP contribution is 2.28. The molecule has 0 spiro atoms. The van der Waals surface area contributed by atoms with Crippen molar-refractivity contribution in [3.8, 4) is 29.1 Å². The van der Waals surface area contributed by atoms with Gasteiger partial charge in [0, 0.05) is 34.2 Å². The van der Waals surface area contributed by atoms with Crippen LogP contribution in [0, 0.1) is 11.3 Å². The molecule has 6 rings (SSSR count). The lowest BCUT2D eigenvalue weighted by Gasteiger charge is -2.05. The molecule has 0 saturated carbocycles. The number of amides is 1. The molecule has 0 saturated heterocycles. The van der Waals surface area contributed by atoms with E-state index >= 15 is 0 Å². The highest BCUT2D eigenvalue weighted by Gasteiger charge is 2.10. The first-order valence-corrected chi connectivity index (χ1v) is 11.5. The number of hydrogen-bond acceptors (Lipinski definition) is 4.